The van der Waals surface area contributed by atoms with Crippen LogP contribution in [0.3, 0.4) is 0 Å². The predicted molar refractivity (Wildman–Crippen MR) is 68.7 cm³/mol. The summed E-state index contributed by atoms with van der Waals surface area (Å²) in [5.74, 6) is 7.38. The van der Waals surface area contributed by atoms with Crippen LogP contribution in [0.1, 0.15) is 31.4 Å². The molecule has 0 bridgehead atoms. The van der Waals surface area contributed by atoms with Crippen molar-refractivity contribution in [1.29, 1.82) is 0 Å². The summed E-state index contributed by atoms with van der Waals surface area (Å²) in [4.78, 5) is 13.2. The highest BCUT2D eigenvalue weighted by Gasteiger charge is 2.26. The van der Waals surface area contributed by atoms with E-state index in [2.05, 4.69) is 27.3 Å². The van der Waals surface area contributed by atoms with Crippen molar-refractivity contribution in [2.45, 2.75) is 32.2 Å². The van der Waals surface area contributed by atoms with E-state index < -0.39 is 0 Å². The van der Waals surface area contributed by atoms with Crippen LogP contribution in [-0.2, 0) is 6.54 Å². The molecule has 0 atom stereocenters. The molecule has 0 aliphatic heterocycles. The fourth-order valence-corrected chi connectivity index (χ4v) is 2.00. The zero-order valence-corrected chi connectivity index (χ0v) is 10.3. The highest BCUT2D eigenvalue weighted by molar-refractivity contribution is 5.53. The summed E-state index contributed by atoms with van der Waals surface area (Å²) in [5.41, 5.74) is 4.60. The molecule has 6 nitrogen and oxygen atoms in total. The second-order valence-electron chi connectivity index (χ2n) is 4.49. The van der Waals surface area contributed by atoms with Crippen LogP contribution in [0.4, 0.5) is 5.82 Å². The first-order valence-electron chi connectivity index (χ1n) is 6.18. The van der Waals surface area contributed by atoms with Crippen LogP contribution in [-0.4, -0.2) is 19.5 Å². The van der Waals surface area contributed by atoms with Crippen molar-refractivity contribution in [1.82, 2.24) is 19.5 Å². The monoisotopic (exact) mass is 244 g/mol. The minimum absolute atomic E-state index is 0.567. The van der Waals surface area contributed by atoms with Gasteiger partial charge in [-0.05, 0) is 19.8 Å². The number of nitrogens with two attached hydrogens (primary N) is 1. The molecule has 2 aromatic rings. The van der Waals surface area contributed by atoms with Crippen LogP contribution in [0.5, 0.6) is 0 Å². The normalized spacial score (nSPS) is 14.8. The van der Waals surface area contributed by atoms with Gasteiger partial charge in [0.15, 0.2) is 5.82 Å². The molecular weight excluding hydrogens is 228 g/mol. The molecule has 1 saturated carbocycles. The summed E-state index contributed by atoms with van der Waals surface area (Å²) in [7, 11) is 0. The van der Waals surface area contributed by atoms with Crippen molar-refractivity contribution < 1.29 is 0 Å². The third-order valence-corrected chi connectivity index (χ3v) is 3.17. The van der Waals surface area contributed by atoms with E-state index in [1.165, 1.54) is 12.8 Å². The van der Waals surface area contributed by atoms with Crippen molar-refractivity contribution >= 4 is 5.82 Å². The number of nitrogens with zero attached hydrogens (tertiary/aromatic N) is 4. The lowest BCUT2D eigenvalue weighted by molar-refractivity contribution is 0.762. The number of hydrogen-bond donors (Lipinski definition) is 2. The molecule has 18 heavy (non-hydrogen) atoms. The third kappa shape index (κ3) is 1.95. The Labute approximate surface area is 105 Å². The van der Waals surface area contributed by atoms with Crippen molar-refractivity contribution in [3.05, 3.63) is 24.3 Å². The topological polar surface area (TPSA) is 81.7 Å². The largest absolute Gasteiger partial charge is 0.328 e. The van der Waals surface area contributed by atoms with Crippen LogP contribution in [0, 0.1) is 0 Å². The van der Waals surface area contributed by atoms with E-state index in [0.717, 1.165) is 17.9 Å². The molecule has 1 fully saturated rings. The van der Waals surface area contributed by atoms with Gasteiger partial charge in [-0.15, -0.1) is 0 Å². The zero-order valence-electron chi connectivity index (χ0n) is 10.3. The van der Waals surface area contributed by atoms with Gasteiger partial charge < -0.3 is 9.99 Å². The van der Waals surface area contributed by atoms with E-state index in [0.29, 0.717) is 17.6 Å². The Hall–Kier alpha value is -1.95. The summed E-state index contributed by atoms with van der Waals surface area (Å²) in [5, 5.41) is 0. The lowest BCUT2D eigenvalue weighted by Gasteiger charge is -2.08. The number of aryl methyl sites for hydroxylation is 1. The fraction of sp³-hybridized carbons (Fsp3) is 0.417. The Balaban J connectivity index is 2.07. The first-order valence-corrected chi connectivity index (χ1v) is 6.18. The fourth-order valence-electron chi connectivity index (χ4n) is 2.00. The predicted octanol–water partition coefficient (Wildman–Crippen LogP) is 1.52. The van der Waals surface area contributed by atoms with Gasteiger partial charge in [-0.25, -0.2) is 20.8 Å². The number of aromatic nitrogens is 4. The van der Waals surface area contributed by atoms with Gasteiger partial charge in [0.05, 0.1) is 12.5 Å². The average molecular weight is 244 g/mol. The lowest BCUT2D eigenvalue weighted by atomic mass is 10.2. The smallest absolute Gasteiger partial charge is 0.180 e. The summed E-state index contributed by atoms with van der Waals surface area (Å²) < 4.78 is 2.02. The summed E-state index contributed by atoms with van der Waals surface area (Å²) >= 11 is 0. The Morgan fingerprint density at radius 1 is 1.44 bits per heavy atom. The molecule has 0 unspecified atom stereocenters. The highest BCUT2D eigenvalue weighted by Crippen LogP contribution is 2.40. The minimum Gasteiger partial charge on any atom is -0.328 e. The number of nitrogens with one attached hydrogen (secondary N) is 1. The maximum Gasteiger partial charge on any atom is 0.180 e. The van der Waals surface area contributed by atoms with Crippen molar-refractivity contribution in [3.63, 3.8) is 0 Å². The van der Waals surface area contributed by atoms with Crippen LogP contribution in [0.25, 0.3) is 11.5 Å². The van der Waals surface area contributed by atoms with Gasteiger partial charge in [0.25, 0.3) is 0 Å². The van der Waals surface area contributed by atoms with Crippen LogP contribution >= 0.6 is 0 Å². The maximum absolute atomic E-state index is 5.47. The third-order valence-electron chi connectivity index (χ3n) is 3.17. The van der Waals surface area contributed by atoms with E-state index in [1.807, 2.05) is 10.6 Å². The molecule has 2 aromatic heterocycles. The van der Waals surface area contributed by atoms with Crippen molar-refractivity contribution in [2.24, 2.45) is 5.84 Å². The van der Waals surface area contributed by atoms with Gasteiger partial charge in [-0.2, -0.15) is 0 Å². The first-order chi connectivity index (χ1) is 8.81. The molecule has 2 heterocycles. The number of rotatable bonds is 4. The SMILES string of the molecule is CCn1cncc1-c1nc(NN)cc(C2CC2)n1. The zero-order chi connectivity index (χ0) is 12.5. The Morgan fingerprint density at radius 2 is 2.28 bits per heavy atom. The molecule has 0 saturated heterocycles. The second kappa shape index (κ2) is 4.38. The molecule has 6 heteroatoms. The van der Waals surface area contributed by atoms with Crippen LogP contribution in [0.15, 0.2) is 18.6 Å². The number of hydrogen-bond acceptors (Lipinski definition) is 5. The van der Waals surface area contributed by atoms with E-state index in [-0.39, 0.29) is 0 Å². The molecule has 0 spiro atoms. The Kier molecular flexibility index (Phi) is 2.71. The van der Waals surface area contributed by atoms with Crippen LogP contribution in [0.2, 0.25) is 0 Å². The summed E-state index contributed by atoms with van der Waals surface area (Å²) in [6.07, 6.45) is 5.98. The molecule has 3 rings (SSSR count). The molecule has 3 N–H and O–H groups in total. The van der Waals surface area contributed by atoms with Gasteiger partial charge in [0.2, 0.25) is 0 Å². The molecule has 0 amide bonds. The van der Waals surface area contributed by atoms with Crippen molar-refractivity contribution in [2.75, 3.05) is 5.43 Å². The molecule has 1 aliphatic rings. The maximum atomic E-state index is 5.47. The van der Waals surface area contributed by atoms with E-state index >= 15 is 0 Å². The number of nitrogen functional groups attached to an aromatic ring is 1. The second-order valence-corrected chi connectivity index (χ2v) is 4.49. The van der Waals surface area contributed by atoms with Crippen molar-refractivity contribution in [3.8, 4) is 11.5 Å². The number of anilines is 1. The quantitative estimate of drug-likeness (QED) is 0.629. The standard InChI is InChI=1S/C12H16N6/c1-2-18-7-14-6-10(18)12-15-9(8-3-4-8)5-11(16-12)17-13/h5-8H,2-4,13H2,1H3,(H,15,16,17). The van der Waals surface area contributed by atoms with E-state index in [1.54, 1.807) is 12.5 Å². The van der Waals surface area contributed by atoms with Gasteiger partial charge in [-0.1, -0.05) is 0 Å². The highest BCUT2D eigenvalue weighted by atomic mass is 15.3. The van der Waals surface area contributed by atoms with Gasteiger partial charge in [0.1, 0.15) is 11.5 Å². The summed E-state index contributed by atoms with van der Waals surface area (Å²) in [6.45, 7) is 2.91. The molecule has 94 valence electrons. The van der Waals surface area contributed by atoms with Crippen LogP contribution < -0.4 is 11.3 Å². The average Bonchev–Trinajstić information content (AvgIpc) is 3.15. The number of imidazole rings is 1. The Bertz CT molecular complexity index is 557. The van der Waals surface area contributed by atoms with Gasteiger partial charge >= 0.3 is 0 Å². The Morgan fingerprint density at radius 3 is 2.94 bits per heavy atom. The molecular formula is C12H16N6. The van der Waals surface area contributed by atoms with E-state index in [4.69, 9.17) is 5.84 Å². The van der Waals surface area contributed by atoms with E-state index in [9.17, 15) is 0 Å². The molecule has 0 radical (unpaired) electrons. The minimum atomic E-state index is 0.567. The number of hydrazine groups is 1. The van der Waals surface area contributed by atoms with Gasteiger partial charge in [-0.3, -0.25) is 0 Å². The lowest BCUT2D eigenvalue weighted by Crippen LogP contribution is -2.11. The molecule has 0 aromatic carbocycles. The molecule has 1 aliphatic carbocycles. The first kappa shape index (κ1) is 11.2. The summed E-state index contributed by atoms with van der Waals surface area (Å²) in [6, 6.07) is 1.92. The van der Waals surface area contributed by atoms with Gasteiger partial charge in [0, 0.05) is 24.2 Å².